The summed E-state index contributed by atoms with van der Waals surface area (Å²) in [5.74, 6) is -2.17. The molecule has 5 atom stereocenters. The van der Waals surface area contributed by atoms with Gasteiger partial charge in [0.15, 0.2) is 0 Å². The Balaban J connectivity index is 1.22. The zero-order chi connectivity index (χ0) is 33.2. The Bertz CT molecular complexity index is 1340. The third-order valence-electron chi connectivity index (χ3n) is 9.53. The van der Waals surface area contributed by atoms with Crippen LogP contribution in [0.5, 0.6) is 0 Å². The Morgan fingerprint density at radius 1 is 1.15 bits per heavy atom. The SMILES string of the molecule is C=C[C@@H]1CC1(NC(=O)[C@@H]1C[C@@H](OC(=O)N2Cc3cccc(F)c3C2)CN1CC(NOC(=O)OC1CC(COC)C1)C(C)C)C(=O)O. The molecule has 2 heterocycles. The molecule has 252 valence electrons. The molecule has 46 heavy (non-hydrogen) atoms. The van der Waals surface area contributed by atoms with E-state index in [0.29, 0.717) is 36.5 Å². The highest BCUT2D eigenvalue weighted by atomic mass is 19.1. The second-order valence-electron chi connectivity index (χ2n) is 13.1. The number of fused-ring (bicyclic) bond motifs is 1. The molecule has 2 aliphatic heterocycles. The van der Waals surface area contributed by atoms with Crippen molar-refractivity contribution in [3.05, 3.63) is 47.8 Å². The molecule has 0 spiro atoms. The van der Waals surface area contributed by atoms with Crippen LogP contribution in [0.1, 0.15) is 50.7 Å². The van der Waals surface area contributed by atoms with Crippen molar-refractivity contribution < 1.29 is 47.7 Å². The van der Waals surface area contributed by atoms with Gasteiger partial charge in [0.1, 0.15) is 23.6 Å². The molecule has 0 radical (unpaired) electrons. The van der Waals surface area contributed by atoms with Crippen LogP contribution in [0.3, 0.4) is 0 Å². The maximum Gasteiger partial charge on any atom is 0.527 e. The van der Waals surface area contributed by atoms with Crippen molar-refractivity contribution in [2.24, 2.45) is 17.8 Å². The maximum atomic E-state index is 14.3. The first kappa shape index (κ1) is 33.6. The third-order valence-corrected chi connectivity index (χ3v) is 9.53. The second kappa shape index (κ2) is 13.9. The number of halogens is 1. The fraction of sp³-hybridized carbons (Fsp3) is 0.625. The Hall–Kier alpha value is -3.75. The van der Waals surface area contributed by atoms with Gasteiger partial charge in [0.25, 0.3) is 0 Å². The van der Waals surface area contributed by atoms with Gasteiger partial charge in [0, 0.05) is 51.3 Å². The quantitative estimate of drug-likeness (QED) is 0.165. The fourth-order valence-corrected chi connectivity index (χ4v) is 6.53. The number of amides is 2. The van der Waals surface area contributed by atoms with Crippen molar-refractivity contribution in [2.45, 2.75) is 82.5 Å². The van der Waals surface area contributed by atoms with E-state index in [9.17, 15) is 28.7 Å². The average molecular weight is 647 g/mol. The highest BCUT2D eigenvalue weighted by molar-refractivity contribution is 5.93. The molecule has 0 bridgehead atoms. The number of nitrogens with zero attached hydrogens (tertiary/aromatic N) is 2. The Morgan fingerprint density at radius 3 is 2.54 bits per heavy atom. The van der Waals surface area contributed by atoms with E-state index in [1.165, 1.54) is 17.0 Å². The summed E-state index contributed by atoms with van der Waals surface area (Å²) in [7, 11) is 1.63. The number of benzene rings is 1. The molecule has 2 amide bonds. The molecule has 2 saturated carbocycles. The number of ether oxygens (including phenoxy) is 3. The Morgan fingerprint density at radius 2 is 1.91 bits per heavy atom. The van der Waals surface area contributed by atoms with Gasteiger partial charge < -0.3 is 29.5 Å². The van der Waals surface area contributed by atoms with Gasteiger partial charge >= 0.3 is 18.2 Å². The zero-order valence-electron chi connectivity index (χ0n) is 26.4. The Labute approximate surface area is 267 Å². The first-order valence-corrected chi connectivity index (χ1v) is 15.7. The molecule has 5 rings (SSSR count). The van der Waals surface area contributed by atoms with Gasteiger partial charge in [-0.1, -0.05) is 32.1 Å². The first-order chi connectivity index (χ1) is 21.9. The molecule has 4 aliphatic rings. The van der Waals surface area contributed by atoms with Crippen LogP contribution in [-0.2, 0) is 41.7 Å². The number of hydroxylamine groups is 1. The topological polar surface area (TPSA) is 156 Å². The van der Waals surface area contributed by atoms with Crippen LogP contribution in [0, 0.1) is 23.6 Å². The number of carbonyl (C=O) groups is 4. The van der Waals surface area contributed by atoms with Crippen LogP contribution in [0.25, 0.3) is 0 Å². The summed E-state index contributed by atoms with van der Waals surface area (Å²) in [5.41, 5.74) is 2.49. The minimum absolute atomic E-state index is 0.0650. The summed E-state index contributed by atoms with van der Waals surface area (Å²) in [4.78, 5) is 59.6. The van der Waals surface area contributed by atoms with Crippen molar-refractivity contribution in [1.82, 2.24) is 20.6 Å². The fourth-order valence-electron chi connectivity index (χ4n) is 6.53. The van der Waals surface area contributed by atoms with Crippen molar-refractivity contribution in [2.75, 3.05) is 26.8 Å². The lowest BCUT2D eigenvalue weighted by molar-refractivity contribution is -0.144. The molecule has 1 aromatic rings. The van der Waals surface area contributed by atoms with Gasteiger partial charge in [-0.3, -0.25) is 14.6 Å². The lowest BCUT2D eigenvalue weighted by Gasteiger charge is -2.34. The number of aliphatic carboxylic acids is 1. The van der Waals surface area contributed by atoms with Crippen LogP contribution in [0.2, 0.25) is 0 Å². The lowest BCUT2D eigenvalue weighted by atomic mass is 9.83. The smallest absolute Gasteiger partial charge is 0.479 e. The molecule has 1 saturated heterocycles. The molecule has 1 aromatic carbocycles. The normalized spacial score (nSPS) is 29.0. The van der Waals surface area contributed by atoms with Gasteiger partial charge in [-0.25, -0.2) is 18.8 Å². The molecule has 3 fully saturated rings. The third kappa shape index (κ3) is 7.29. The number of carbonyl (C=O) groups excluding carboxylic acids is 3. The monoisotopic (exact) mass is 646 g/mol. The molecule has 2 unspecified atom stereocenters. The van der Waals surface area contributed by atoms with Gasteiger partial charge in [0.05, 0.1) is 18.6 Å². The Kier molecular flexibility index (Phi) is 10.2. The van der Waals surface area contributed by atoms with Crippen molar-refractivity contribution in [3.63, 3.8) is 0 Å². The van der Waals surface area contributed by atoms with E-state index in [0.717, 1.165) is 0 Å². The van der Waals surface area contributed by atoms with E-state index in [2.05, 4.69) is 17.4 Å². The molecular formula is C32H43FN4O9. The number of carboxylic acids is 1. The summed E-state index contributed by atoms with van der Waals surface area (Å²) in [5, 5.41) is 12.6. The van der Waals surface area contributed by atoms with Gasteiger partial charge in [-0.05, 0) is 42.7 Å². The number of likely N-dealkylation sites (tertiary alicyclic amines) is 1. The maximum absolute atomic E-state index is 14.3. The predicted octanol–water partition coefficient (Wildman–Crippen LogP) is 2.97. The van der Waals surface area contributed by atoms with Crippen LogP contribution in [0.4, 0.5) is 14.0 Å². The number of carboxylic acid groups (broad SMARTS) is 1. The number of hydrogen-bond acceptors (Lipinski definition) is 10. The molecule has 3 N–H and O–H groups in total. The van der Waals surface area contributed by atoms with Crippen LogP contribution >= 0.6 is 0 Å². The molecule has 2 aliphatic carbocycles. The van der Waals surface area contributed by atoms with Crippen LogP contribution < -0.4 is 10.8 Å². The van der Waals surface area contributed by atoms with Gasteiger partial charge in [0.2, 0.25) is 5.91 Å². The van der Waals surface area contributed by atoms with Gasteiger partial charge in [-0.2, -0.15) is 0 Å². The summed E-state index contributed by atoms with van der Waals surface area (Å²) >= 11 is 0. The molecule has 14 heteroatoms. The number of nitrogens with one attached hydrogen (secondary N) is 2. The number of rotatable bonds is 13. The van der Waals surface area contributed by atoms with Crippen molar-refractivity contribution in [3.8, 4) is 0 Å². The zero-order valence-corrected chi connectivity index (χ0v) is 26.4. The van der Waals surface area contributed by atoms with E-state index in [1.54, 1.807) is 24.1 Å². The second-order valence-corrected chi connectivity index (χ2v) is 13.1. The van der Waals surface area contributed by atoms with E-state index in [-0.39, 0.29) is 56.9 Å². The summed E-state index contributed by atoms with van der Waals surface area (Å²) in [6, 6.07) is 3.41. The minimum atomic E-state index is -1.43. The van der Waals surface area contributed by atoms with Crippen LogP contribution in [-0.4, -0.2) is 95.7 Å². The van der Waals surface area contributed by atoms with Gasteiger partial charge in [-0.15, -0.1) is 12.1 Å². The van der Waals surface area contributed by atoms with E-state index in [1.807, 2.05) is 13.8 Å². The van der Waals surface area contributed by atoms with Crippen molar-refractivity contribution in [1.29, 1.82) is 0 Å². The summed E-state index contributed by atoms with van der Waals surface area (Å²) in [6.45, 7) is 8.78. The largest absolute Gasteiger partial charge is 0.527 e. The highest BCUT2D eigenvalue weighted by Gasteiger charge is 2.61. The van der Waals surface area contributed by atoms with Crippen LogP contribution in [0.15, 0.2) is 30.9 Å². The molecule has 0 aromatic heterocycles. The number of methoxy groups -OCH3 is 1. The standard InChI is InChI=1S/C32H43FN4O9/c1-5-21-12-32(21,29(39)40)34-28(38)27-11-23(44-30(41)37-13-20-7-6-8-25(33)24(20)15-37)14-36(27)16-26(18(2)3)35-46-31(42)45-22-9-19(10-22)17-43-4/h5-8,18-19,21-23,26-27,35H,1,9-17H2,2-4H3,(H,34,38)(H,39,40)/t19?,21-,22?,23-,26?,27+,32?/m1/s1. The molecule has 13 nitrogen and oxygen atoms in total. The first-order valence-electron chi connectivity index (χ1n) is 15.7. The van der Waals surface area contributed by atoms with E-state index < -0.39 is 53.8 Å². The summed E-state index contributed by atoms with van der Waals surface area (Å²) in [6.07, 6.45) is 0.817. The predicted molar refractivity (Wildman–Crippen MR) is 160 cm³/mol. The average Bonchev–Trinajstić information content (AvgIpc) is 3.30. The van der Waals surface area contributed by atoms with Crippen molar-refractivity contribution >= 4 is 24.1 Å². The lowest BCUT2D eigenvalue weighted by Crippen LogP contribution is -2.54. The number of hydrogen-bond donors (Lipinski definition) is 3. The highest BCUT2D eigenvalue weighted by Crippen LogP contribution is 2.45. The summed E-state index contributed by atoms with van der Waals surface area (Å²) < 4.78 is 30.6. The van der Waals surface area contributed by atoms with E-state index >= 15 is 0 Å². The molecular weight excluding hydrogens is 603 g/mol. The minimum Gasteiger partial charge on any atom is -0.479 e. The van der Waals surface area contributed by atoms with E-state index in [4.69, 9.17) is 19.0 Å².